The number of nitriles is 1. The van der Waals surface area contributed by atoms with E-state index in [9.17, 15) is 4.79 Å². The summed E-state index contributed by atoms with van der Waals surface area (Å²) >= 11 is 5.66. The first-order valence-corrected chi connectivity index (χ1v) is 5.31. The van der Waals surface area contributed by atoms with Crippen LogP contribution in [0.4, 0.5) is 0 Å². The zero-order valence-corrected chi connectivity index (χ0v) is 9.80. The van der Waals surface area contributed by atoms with E-state index in [2.05, 4.69) is 4.98 Å². The largest absolute Gasteiger partial charge is 0.360 e. The average molecular weight is 235 g/mol. The number of hydrogen-bond donors (Lipinski definition) is 1. The number of rotatable bonds is 0. The van der Waals surface area contributed by atoms with E-state index in [0.717, 1.165) is 0 Å². The summed E-state index contributed by atoms with van der Waals surface area (Å²) in [6, 6.07) is 6.83. The Bertz CT molecular complexity index is 596. The fourth-order valence-electron chi connectivity index (χ4n) is 1.26. The van der Waals surface area contributed by atoms with E-state index in [4.69, 9.17) is 16.9 Å². The SMILES string of the molecule is CC.N#Cc1ccc2[nH]cc(Cl)c(=O)c2c1. The lowest BCUT2D eigenvalue weighted by atomic mass is 10.1. The minimum atomic E-state index is -0.252. The van der Waals surface area contributed by atoms with E-state index in [-0.39, 0.29) is 10.5 Å². The lowest BCUT2D eigenvalue weighted by molar-refractivity contribution is 1.38. The Kier molecular flexibility index (Phi) is 4.10. The molecule has 0 saturated heterocycles. The maximum absolute atomic E-state index is 11.5. The number of halogens is 1. The molecule has 0 bridgehead atoms. The molecule has 0 fully saturated rings. The molecule has 0 aliphatic carbocycles. The molecule has 0 saturated carbocycles. The van der Waals surface area contributed by atoms with Crippen LogP contribution in [0.15, 0.2) is 29.2 Å². The Morgan fingerprint density at radius 1 is 1.38 bits per heavy atom. The molecule has 2 rings (SSSR count). The summed E-state index contributed by atoms with van der Waals surface area (Å²) < 4.78 is 0. The van der Waals surface area contributed by atoms with Gasteiger partial charge in [-0.05, 0) is 18.2 Å². The van der Waals surface area contributed by atoms with Crippen LogP contribution in [0.1, 0.15) is 19.4 Å². The quantitative estimate of drug-likeness (QED) is 0.762. The van der Waals surface area contributed by atoms with Crippen LogP contribution in [-0.2, 0) is 0 Å². The smallest absolute Gasteiger partial charge is 0.207 e. The van der Waals surface area contributed by atoms with Crippen molar-refractivity contribution in [1.29, 1.82) is 5.26 Å². The van der Waals surface area contributed by atoms with E-state index in [1.165, 1.54) is 12.3 Å². The molecule has 1 aromatic heterocycles. The summed E-state index contributed by atoms with van der Waals surface area (Å²) in [5.74, 6) is 0. The summed E-state index contributed by atoms with van der Waals surface area (Å²) in [6.07, 6.45) is 1.44. The molecule has 0 aliphatic rings. The Morgan fingerprint density at radius 2 is 2.06 bits per heavy atom. The van der Waals surface area contributed by atoms with Gasteiger partial charge in [0.2, 0.25) is 5.43 Å². The van der Waals surface area contributed by atoms with Gasteiger partial charge < -0.3 is 4.98 Å². The number of aromatic amines is 1. The Labute approximate surface area is 98.3 Å². The van der Waals surface area contributed by atoms with Crippen LogP contribution >= 0.6 is 11.6 Å². The first-order chi connectivity index (χ1) is 7.72. The third-order valence-electron chi connectivity index (χ3n) is 1.96. The maximum atomic E-state index is 11.5. The van der Waals surface area contributed by atoms with Gasteiger partial charge in [0, 0.05) is 17.1 Å². The van der Waals surface area contributed by atoms with Crippen molar-refractivity contribution in [3.63, 3.8) is 0 Å². The molecular weight excluding hydrogens is 224 g/mol. The van der Waals surface area contributed by atoms with Gasteiger partial charge in [-0.2, -0.15) is 5.26 Å². The van der Waals surface area contributed by atoms with Gasteiger partial charge in [0.15, 0.2) is 0 Å². The van der Waals surface area contributed by atoms with Crippen molar-refractivity contribution in [2.75, 3.05) is 0 Å². The lowest BCUT2D eigenvalue weighted by Crippen LogP contribution is -2.03. The number of benzene rings is 1. The predicted molar refractivity (Wildman–Crippen MR) is 65.6 cm³/mol. The van der Waals surface area contributed by atoms with Crippen molar-refractivity contribution in [3.8, 4) is 6.07 Å². The second kappa shape index (κ2) is 5.34. The van der Waals surface area contributed by atoms with Crippen LogP contribution in [0.2, 0.25) is 5.02 Å². The highest BCUT2D eigenvalue weighted by Gasteiger charge is 2.03. The molecule has 0 spiro atoms. The number of nitrogens with zero attached hydrogens (tertiary/aromatic N) is 1. The molecule has 0 radical (unpaired) electrons. The minimum absolute atomic E-state index is 0.132. The maximum Gasteiger partial charge on any atom is 0.207 e. The van der Waals surface area contributed by atoms with Crippen molar-refractivity contribution in [3.05, 3.63) is 45.2 Å². The number of nitrogens with one attached hydrogen (secondary N) is 1. The monoisotopic (exact) mass is 234 g/mol. The Morgan fingerprint density at radius 3 is 2.69 bits per heavy atom. The van der Waals surface area contributed by atoms with Crippen LogP contribution in [0, 0.1) is 11.3 Å². The Balaban J connectivity index is 0.000000606. The van der Waals surface area contributed by atoms with Crippen LogP contribution in [0.3, 0.4) is 0 Å². The van der Waals surface area contributed by atoms with Gasteiger partial charge in [-0.3, -0.25) is 4.79 Å². The number of fused-ring (bicyclic) bond motifs is 1. The molecule has 82 valence electrons. The van der Waals surface area contributed by atoms with Crippen molar-refractivity contribution >= 4 is 22.5 Å². The standard InChI is InChI=1S/C10H5ClN2O.C2H6/c11-8-5-13-9-2-1-6(4-12)3-7(9)10(8)14;1-2/h1-3,5H,(H,13,14);1-2H3. The van der Waals surface area contributed by atoms with Crippen LogP contribution < -0.4 is 5.43 Å². The molecule has 3 nitrogen and oxygen atoms in total. The van der Waals surface area contributed by atoms with Gasteiger partial charge in [-0.1, -0.05) is 25.4 Å². The van der Waals surface area contributed by atoms with E-state index in [0.29, 0.717) is 16.5 Å². The van der Waals surface area contributed by atoms with Crippen LogP contribution in [0.5, 0.6) is 0 Å². The number of hydrogen-bond acceptors (Lipinski definition) is 2. The number of H-pyrrole nitrogens is 1. The predicted octanol–water partition coefficient (Wildman–Crippen LogP) is 3.08. The number of aromatic nitrogens is 1. The summed E-state index contributed by atoms with van der Waals surface area (Å²) in [7, 11) is 0. The zero-order chi connectivity index (χ0) is 12.1. The first kappa shape index (κ1) is 12.3. The van der Waals surface area contributed by atoms with Gasteiger partial charge >= 0.3 is 0 Å². The van der Waals surface area contributed by atoms with E-state index in [1.807, 2.05) is 19.9 Å². The fraction of sp³-hybridized carbons (Fsp3) is 0.167. The molecular formula is C12H11ClN2O. The Hall–Kier alpha value is -1.79. The molecule has 2 aromatic rings. The third-order valence-corrected chi connectivity index (χ3v) is 2.25. The van der Waals surface area contributed by atoms with Gasteiger partial charge in [0.1, 0.15) is 5.02 Å². The van der Waals surface area contributed by atoms with Gasteiger partial charge in [0.05, 0.1) is 11.6 Å². The summed E-state index contributed by atoms with van der Waals surface area (Å²) in [5.41, 5.74) is 0.876. The van der Waals surface area contributed by atoms with Gasteiger partial charge in [-0.25, -0.2) is 0 Å². The summed E-state index contributed by atoms with van der Waals surface area (Å²) in [4.78, 5) is 14.4. The third kappa shape index (κ3) is 2.23. The molecule has 1 N–H and O–H groups in total. The van der Waals surface area contributed by atoms with Gasteiger partial charge in [-0.15, -0.1) is 0 Å². The van der Waals surface area contributed by atoms with Crippen molar-refractivity contribution in [1.82, 2.24) is 4.98 Å². The summed E-state index contributed by atoms with van der Waals surface area (Å²) in [6.45, 7) is 4.00. The molecule has 1 aromatic carbocycles. The second-order valence-corrected chi connectivity index (χ2v) is 3.25. The summed E-state index contributed by atoms with van der Waals surface area (Å²) in [5, 5.41) is 9.24. The van der Waals surface area contributed by atoms with E-state index < -0.39 is 0 Å². The zero-order valence-electron chi connectivity index (χ0n) is 9.04. The highest BCUT2D eigenvalue weighted by Crippen LogP contribution is 2.12. The highest BCUT2D eigenvalue weighted by molar-refractivity contribution is 6.31. The fourth-order valence-corrected chi connectivity index (χ4v) is 1.42. The first-order valence-electron chi connectivity index (χ1n) is 4.93. The van der Waals surface area contributed by atoms with E-state index >= 15 is 0 Å². The lowest BCUT2D eigenvalue weighted by Gasteiger charge is -1.97. The van der Waals surface area contributed by atoms with Crippen molar-refractivity contribution in [2.24, 2.45) is 0 Å². The molecule has 0 unspecified atom stereocenters. The molecule has 0 atom stereocenters. The van der Waals surface area contributed by atoms with Crippen LogP contribution in [-0.4, -0.2) is 4.98 Å². The van der Waals surface area contributed by atoms with Crippen molar-refractivity contribution in [2.45, 2.75) is 13.8 Å². The number of pyridine rings is 1. The molecule has 0 aliphatic heterocycles. The van der Waals surface area contributed by atoms with Gasteiger partial charge in [0.25, 0.3) is 0 Å². The van der Waals surface area contributed by atoms with Crippen LogP contribution in [0.25, 0.3) is 10.9 Å². The van der Waals surface area contributed by atoms with Crippen molar-refractivity contribution < 1.29 is 0 Å². The minimum Gasteiger partial charge on any atom is -0.360 e. The van der Waals surface area contributed by atoms with E-state index in [1.54, 1.807) is 12.1 Å². The molecule has 0 amide bonds. The molecule has 1 heterocycles. The topological polar surface area (TPSA) is 56.6 Å². The molecule has 4 heteroatoms. The highest BCUT2D eigenvalue weighted by atomic mass is 35.5. The normalized spacial score (nSPS) is 9.12. The molecule has 16 heavy (non-hydrogen) atoms. The average Bonchev–Trinajstić information content (AvgIpc) is 2.36. The second-order valence-electron chi connectivity index (χ2n) is 2.84.